The van der Waals surface area contributed by atoms with Crippen LogP contribution in [-0.4, -0.2) is 32.2 Å². The quantitative estimate of drug-likeness (QED) is 0.630. The van der Waals surface area contributed by atoms with Crippen LogP contribution in [0.4, 0.5) is 18.3 Å². The largest absolute Gasteiger partial charge is 0.466 e. The van der Waals surface area contributed by atoms with Gasteiger partial charge in [0, 0.05) is 20.2 Å². The Morgan fingerprint density at radius 1 is 1.44 bits per heavy atom. The minimum atomic E-state index is -4.56. The molecule has 0 aliphatic heterocycles. The summed E-state index contributed by atoms with van der Waals surface area (Å²) in [6, 6.07) is 0. The molecule has 0 bridgehead atoms. The third-order valence-electron chi connectivity index (χ3n) is 1.87. The molecule has 0 N–H and O–H groups in total. The number of rotatable bonds is 3. The van der Waals surface area contributed by atoms with Gasteiger partial charge in [-0.2, -0.15) is 13.2 Å². The van der Waals surface area contributed by atoms with E-state index in [1.165, 1.54) is 4.90 Å². The molecule has 8 heteroatoms. The fourth-order valence-electron chi connectivity index (χ4n) is 1.04. The summed E-state index contributed by atoms with van der Waals surface area (Å²) in [7, 11) is 4.33. The van der Waals surface area contributed by atoms with Crippen LogP contribution in [0, 0.1) is 0 Å². The van der Waals surface area contributed by atoms with Crippen molar-refractivity contribution in [3.8, 4) is 0 Å². The highest BCUT2D eigenvalue weighted by molar-refractivity contribution is 7.16. The van der Waals surface area contributed by atoms with Crippen molar-refractivity contribution >= 4 is 28.5 Å². The highest BCUT2D eigenvalue weighted by Gasteiger charge is 2.37. The van der Waals surface area contributed by atoms with Crippen molar-refractivity contribution in [2.24, 2.45) is 0 Å². The molecule has 4 nitrogen and oxygen atoms in total. The van der Waals surface area contributed by atoms with E-state index >= 15 is 0 Å². The molecule has 100 valence electrons. The second-order valence-corrected chi connectivity index (χ2v) is 4.47. The van der Waals surface area contributed by atoms with Gasteiger partial charge in [0.2, 0.25) is 0 Å². The number of halogens is 3. The summed E-state index contributed by atoms with van der Waals surface area (Å²) in [5, 5.41) is 0.215. The Balaban J connectivity index is 3.16. The summed E-state index contributed by atoms with van der Waals surface area (Å²) in [5.41, 5.74) is -1.00. The van der Waals surface area contributed by atoms with Gasteiger partial charge in [0.15, 0.2) is 10.8 Å². The van der Waals surface area contributed by atoms with E-state index in [-0.39, 0.29) is 10.0 Å². The molecule has 0 saturated heterocycles. The highest BCUT2D eigenvalue weighted by atomic mass is 32.1. The van der Waals surface area contributed by atoms with Gasteiger partial charge in [0.1, 0.15) is 0 Å². The molecule has 1 heterocycles. The first-order chi connectivity index (χ1) is 8.25. The van der Waals surface area contributed by atoms with Crippen LogP contribution in [0.3, 0.4) is 0 Å². The van der Waals surface area contributed by atoms with Gasteiger partial charge >= 0.3 is 12.1 Å². The zero-order valence-corrected chi connectivity index (χ0v) is 10.7. The number of methoxy groups -OCH3 is 1. The number of carbonyl (C=O) groups is 1. The van der Waals surface area contributed by atoms with Crippen LogP contribution in [0.15, 0.2) is 6.08 Å². The Morgan fingerprint density at radius 2 is 2.06 bits per heavy atom. The van der Waals surface area contributed by atoms with Crippen LogP contribution < -0.4 is 4.90 Å². The molecule has 0 aromatic carbocycles. The number of carbonyl (C=O) groups excluding carboxylic acids is 1. The van der Waals surface area contributed by atoms with Crippen LogP contribution in [0.5, 0.6) is 0 Å². The fourth-order valence-corrected chi connectivity index (χ4v) is 1.95. The van der Waals surface area contributed by atoms with E-state index in [0.29, 0.717) is 0 Å². The zero-order chi connectivity index (χ0) is 13.9. The Labute approximate surface area is 106 Å². The van der Waals surface area contributed by atoms with E-state index in [9.17, 15) is 18.0 Å². The van der Waals surface area contributed by atoms with Gasteiger partial charge in [0.05, 0.1) is 12.0 Å². The van der Waals surface area contributed by atoms with Gasteiger partial charge in [-0.05, 0) is 6.08 Å². The lowest BCUT2D eigenvalue weighted by atomic mass is 10.3. The molecule has 18 heavy (non-hydrogen) atoms. The van der Waals surface area contributed by atoms with E-state index in [0.717, 1.165) is 30.6 Å². The average molecular weight is 280 g/mol. The van der Waals surface area contributed by atoms with Gasteiger partial charge in [0.25, 0.3) is 0 Å². The van der Waals surface area contributed by atoms with Gasteiger partial charge in [-0.1, -0.05) is 11.3 Å². The van der Waals surface area contributed by atoms with Crippen LogP contribution in [0.25, 0.3) is 6.08 Å². The molecule has 0 radical (unpaired) electrons. The number of nitrogens with zero attached hydrogens (tertiary/aromatic N) is 2. The van der Waals surface area contributed by atoms with Gasteiger partial charge in [-0.3, -0.25) is 0 Å². The Bertz CT molecular complexity index is 466. The first kappa shape index (κ1) is 14.5. The molecule has 1 aromatic rings. The molecule has 0 spiro atoms. The van der Waals surface area contributed by atoms with Crippen molar-refractivity contribution in [2.45, 2.75) is 6.18 Å². The number of hydrogen-bond donors (Lipinski definition) is 0. The van der Waals surface area contributed by atoms with Crippen molar-refractivity contribution in [1.82, 2.24) is 4.98 Å². The van der Waals surface area contributed by atoms with Gasteiger partial charge in [-0.25, -0.2) is 9.78 Å². The maximum Gasteiger partial charge on any atom is 0.434 e. The number of esters is 1. The van der Waals surface area contributed by atoms with E-state index in [1.807, 2.05) is 0 Å². The average Bonchev–Trinajstić information content (AvgIpc) is 2.69. The minimum absolute atomic E-state index is 0.128. The van der Waals surface area contributed by atoms with Crippen LogP contribution in [0.2, 0.25) is 0 Å². The number of hydrogen-bond acceptors (Lipinski definition) is 5. The number of aromatic nitrogens is 1. The van der Waals surface area contributed by atoms with Gasteiger partial charge in [-0.15, -0.1) is 0 Å². The smallest absolute Gasteiger partial charge is 0.434 e. The second-order valence-electron chi connectivity index (χ2n) is 3.46. The monoisotopic (exact) mass is 280 g/mol. The summed E-state index contributed by atoms with van der Waals surface area (Å²) < 4.78 is 42.4. The molecule has 0 aliphatic carbocycles. The first-order valence-corrected chi connectivity index (χ1v) is 5.58. The van der Waals surface area contributed by atoms with Crippen molar-refractivity contribution in [3.63, 3.8) is 0 Å². The molecule has 0 saturated carbocycles. The minimum Gasteiger partial charge on any atom is -0.466 e. The molecular formula is C10H11F3N2O2S. The number of alkyl halides is 3. The van der Waals surface area contributed by atoms with E-state index in [1.54, 1.807) is 14.1 Å². The number of thiazole rings is 1. The highest BCUT2D eigenvalue weighted by Crippen LogP contribution is 2.37. The van der Waals surface area contributed by atoms with Crippen molar-refractivity contribution in [2.75, 3.05) is 26.1 Å². The summed E-state index contributed by atoms with van der Waals surface area (Å²) in [6.45, 7) is 0. The predicted molar refractivity (Wildman–Crippen MR) is 62.5 cm³/mol. The Hall–Kier alpha value is -1.57. The SMILES string of the molecule is COC(=O)/C=C/c1sc(N(C)C)nc1C(F)(F)F. The predicted octanol–water partition coefficient (Wildman–Crippen LogP) is 2.41. The molecule has 0 fully saturated rings. The Morgan fingerprint density at radius 3 is 2.50 bits per heavy atom. The third-order valence-corrected chi connectivity index (χ3v) is 3.05. The van der Waals surface area contributed by atoms with Crippen LogP contribution in [0.1, 0.15) is 10.6 Å². The Kier molecular flexibility index (Phi) is 4.33. The normalized spacial score (nSPS) is 11.9. The molecule has 0 aliphatic rings. The number of ether oxygens (including phenoxy) is 1. The lowest BCUT2D eigenvalue weighted by Crippen LogP contribution is -2.11. The van der Waals surface area contributed by atoms with E-state index in [4.69, 9.17) is 0 Å². The molecule has 1 rings (SSSR count). The molecule has 0 amide bonds. The molecule has 1 aromatic heterocycles. The standard InChI is InChI=1S/C10H11F3N2O2S/c1-15(2)9-14-8(10(11,12)13)6(18-9)4-5-7(16)17-3/h4-5H,1-3H3/b5-4+. The third kappa shape index (κ3) is 3.46. The van der Waals surface area contributed by atoms with Gasteiger partial charge < -0.3 is 9.64 Å². The summed E-state index contributed by atoms with van der Waals surface area (Å²) in [6.07, 6.45) is -2.57. The maximum atomic E-state index is 12.7. The molecular weight excluding hydrogens is 269 g/mol. The van der Waals surface area contributed by atoms with Crippen molar-refractivity contribution in [1.29, 1.82) is 0 Å². The van der Waals surface area contributed by atoms with E-state index in [2.05, 4.69) is 9.72 Å². The first-order valence-electron chi connectivity index (χ1n) is 4.77. The molecule has 0 atom stereocenters. The van der Waals surface area contributed by atoms with Crippen molar-refractivity contribution in [3.05, 3.63) is 16.6 Å². The summed E-state index contributed by atoms with van der Waals surface area (Å²) >= 11 is 0.847. The summed E-state index contributed by atoms with van der Waals surface area (Å²) in [5.74, 6) is -0.720. The lowest BCUT2D eigenvalue weighted by Gasteiger charge is -2.06. The summed E-state index contributed by atoms with van der Waals surface area (Å²) in [4.78, 5) is 15.7. The van der Waals surface area contributed by atoms with Crippen LogP contribution in [-0.2, 0) is 15.7 Å². The number of anilines is 1. The molecule has 0 unspecified atom stereocenters. The van der Waals surface area contributed by atoms with E-state index < -0.39 is 17.8 Å². The second kappa shape index (κ2) is 5.38. The lowest BCUT2D eigenvalue weighted by molar-refractivity contribution is -0.141. The van der Waals surface area contributed by atoms with Crippen LogP contribution >= 0.6 is 11.3 Å². The van der Waals surface area contributed by atoms with Crippen molar-refractivity contribution < 1.29 is 22.7 Å². The fraction of sp³-hybridized carbons (Fsp3) is 0.400. The topological polar surface area (TPSA) is 42.4 Å². The maximum absolute atomic E-state index is 12.7. The zero-order valence-electron chi connectivity index (χ0n) is 9.91.